The number of nitrogens with zero attached hydrogens (tertiary/aromatic N) is 3. The number of aromatic nitrogens is 2. The van der Waals surface area contributed by atoms with Crippen molar-refractivity contribution in [3.63, 3.8) is 0 Å². The number of anilines is 1. The predicted octanol–water partition coefficient (Wildman–Crippen LogP) is 5.24. The van der Waals surface area contributed by atoms with E-state index in [0.29, 0.717) is 11.4 Å². The molecule has 2 aromatic heterocycles. The first-order chi connectivity index (χ1) is 14.1. The zero-order valence-corrected chi connectivity index (χ0v) is 16.1. The minimum absolute atomic E-state index is 0.222. The Bertz CT molecular complexity index is 1080. The topological polar surface area (TPSA) is 80.5 Å². The van der Waals surface area contributed by atoms with Gasteiger partial charge in [-0.05, 0) is 49.4 Å². The summed E-state index contributed by atoms with van der Waals surface area (Å²) in [6.45, 7) is 1.92. The van der Waals surface area contributed by atoms with Gasteiger partial charge in [0.05, 0.1) is 6.04 Å². The molecule has 0 fully saturated rings. The van der Waals surface area contributed by atoms with E-state index in [1.807, 2.05) is 37.3 Å². The number of amides is 2. The van der Waals surface area contributed by atoms with Crippen molar-refractivity contribution in [3.05, 3.63) is 78.8 Å². The number of benzene rings is 2. The van der Waals surface area contributed by atoms with Crippen molar-refractivity contribution in [1.82, 2.24) is 14.9 Å². The second kappa shape index (κ2) is 8.02. The van der Waals surface area contributed by atoms with Crippen molar-refractivity contribution < 1.29 is 13.9 Å². The zero-order chi connectivity index (χ0) is 20.2. The number of fused-ring (bicyclic) bond motifs is 1. The minimum atomic E-state index is -0.238. The molecule has 4 rings (SSSR count). The third-order valence-corrected chi connectivity index (χ3v) is 4.61. The molecule has 0 aliphatic rings. The summed E-state index contributed by atoms with van der Waals surface area (Å²) in [5.41, 5.74) is 1.46. The van der Waals surface area contributed by atoms with E-state index < -0.39 is 0 Å². The van der Waals surface area contributed by atoms with Crippen LogP contribution in [0.3, 0.4) is 0 Å². The zero-order valence-electron chi connectivity index (χ0n) is 16.1. The fourth-order valence-electron chi connectivity index (χ4n) is 2.84. The van der Waals surface area contributed by atoms with Crippen molar-refractivity contribution in [2.75, 3.05) is 12.4 Å². The van der Waals surface area contributed by atoms with E-state index in [0.717, 1.165) is 16.7 Å². The molecule has 2 aromatic carbocycles. The molecule has 4 aromatic rings. The van der Waals surface area contributed by atoms with Crippen LogP contribution in [0.5, 0.6) is 11.8 Å². The maximum atomic E-state index is 12.6. The van der Waals surface area contributed by atoms with Crippen molar-refractivity contribution >= 4 is 22.7 Å². The van der Waals surface area contributed by atoms with Crippen LogP contribution >= 0.6 is 0 Å². The van der Waals surface area contributed by atoms with E-state index >= 15 is 0 Å². The lowest BCUT2D eigenvalue weighted by Crippen LogP contribution is -2.33. The molecule has 0 saturated heterocycles. The number of hydrogen-bond acceptors (Lipinski definition) is 5. The van der Waals surface area contributed by atoms with Gasteiger partial charge in [-0.1, -0.05) is 18.2 Å². The quantitative estimate of drug-likeness (QED) is 0.506. The summed E-state index contributed by atoms with van der Waals surface area (Å²) in [6.07, 6.45) is 3.21. The summed E-state index contributed by atoms with van der Waals surface area (Å²) >= 11 is 0. The first-order valence-electron chi connectivity index (χ1n) is 9.17. The van der Waals surface area contributed by atoms with Gasteiger partial charge in [-0.3, -0.25) is 0 Å². The maximum Gasteiger partial charge on any atom is 0.322 e. The summed E-state index contributed by atoms with van der Waals surface area (Å²) < 4.78 is 11.4. The SMILES string of the molecule is CC(c1cc2ccccc2o1)N(C)C(=O)Nc1ccc(Oc2ncccn2)cc1. The van der Waals surface area contributed by atoms with Gasteiger partial charge in [-0.25, -0.2) is 14.8 Å². The van der Waals surface area contributed by atoms with Crippen LogP contribution in [0.2, 0.25) is 0 Å². The lowest BCUT2D eigenvalue weighted by molar-refractivity contribution is 0.201. The van der Waals surface area contributed by atoms with Crippen molar-refractivity contribution in [2.24, 2.45) is 0 Å². The van der Waals surface area contributed by atoms with E-state index in [-0.39, 0.29) is 18.1 Å². The molecule has 0 aliphatic heterocycles. The van der Waals surface area contributed by atoms with Gasteiger partial charge in [-0.2, -0.15) is 0 Å². The smallest absolute Gasteiger partial charge is 0.322 e. The van der Waals surface area contributed by atoms with Crippen molar-refractivity contribution in [2.45, 2.75) is 13.0 Å². The first kappa shape index (κ1) is 18.5. The number of hydrogen-bond donors (Lipinski definition) is 1. The molecule has 146 valence electrons. The minimum Gasteiger partial charge on any atom is -0.459 e. The molecule has 0 spiro atoms. The molecule has 0 bridgehead atoms. The molecule has 2 amide bonds. The molecule has 1 atom stereocenters. The third-order valence-electron chi connectivity index (χ3n) is 4.61. The Morgan fingerprint density at radius 1 is 1.07 bits per heavy atom. The number of carbonyl (C=O) groups excluding carboxylic acids is 1. The first-order valence-corrected chi connectivity index (χ1v) is 9.17. The molecule has 7 nitrogen and oxygen atoms in total. The van der Waals surface area contributed by atoms with Gasteiger partial charge in [0.2, 0.25) is 0 Å². The van der Waals surface area contributed by atoms with Crippen LogP contribution in [0.25, 0.3) is 11.0 Å². The van der Waals surface area contributed by atoms with E-state index in [1.165, 1.54) is 0 Å². The van der Waals surface area contributed by atoms with Gasteiger partial charge >= 0.3 is 12.0 Å². The summed E-state index contributed by atoms with van der Waals surface area (Å²) in [7, 11) is 1.73. The maximum absolute atomic E-state index is 12.6. The van der Waals surface area contributed by atoms with Crippen molar-refractivity contribution in [1.29, 1.82) is 0 Å². The summed E-state index contributed by atoms with van der Waals surface area (Å²) in [6, 6.07) is 18.3. The Kier molecular flexibility index (Phi) is 5.11. The highest BCUT2D eigenvalue weighted by Crippen LogP contribution is 2.27. The second-order valence-corrected chi connectivity index (χ2v) is 6.56. The average molecular weight is 388 g/mol. The Morgan fingerprint density at radius 2 is 1.79 bits per heavy atom. The Balaban J connectivity index is 1.40. The summed E-state index contributed by atoms with van der Waals surface area (Å²) in [5.74, 6) is 1.31. The van der Waals surface area contributed by atoms with E-state index in [9.17, 15) is 4.79 Å². The number of ether oxygens (including phenoxy) is 1. The van der Waals surface area contributed by atoms with Gasteiger partial charge < -0.3 is 19.4 Å². The molecule has 0 radical (unpaired) electrons. The highest BCUT2D eigenvalue weighted by molar-refractivity contribution is 5.89. The van der Waals surface area contributed by atoms with Crippen LogP contribution in [0, 0.1) is 0 Å². The number of para-hydroxylation sites is 1. The number of rotatable bonds is 5. The molecule has 0 aliphatic carbocycles. The highest BCUT2D eigenvalue weighted by Gasteiger charge is 2.21. The lowest BCUT2D eigenvalue weighted by atomic mass is 10.2. The van der Waals surface area contributed by atoms with Gasteiger partial charge in [0.15, 0.2) is 0 Å². The molecule has 1 N–H and O–H groups in total. The lowest BCUT2D eigenvalue weighted by Gasteiger charge is -2.23. The predicted molar refractivity (Wildman–Crippen MR) is 110 cm³/mol. The monoisotopic (exact) mass is 388 g/mol. The molecule has 7 heteroatoms. The largest absolute Gasteiger partial charge is 0.459 e. The Hall–Kier alpha value is -3.87. The average Bonchev–Trinajstić information content (AvgIpc) is 3.19. The van der Waals surface area contributed by atoms with Gasteiger partial charge in [0, 0.05) is 30.5 Å². The summed E-state index contributed by atoms with van der Waals surface area (Å²) in [5, 5.41) is 3.89. The van der Waals surface area contributed by atoms with Crippen molar-refractivity contribution in [3.8, 4) is 11.8 Å². The standard InChI is InChI=1S/C22H20N4O3/c1-15(20-14-16-6-3-4-7-19(16)29-20)26(2)22(27)25-17-8-10-18(11-9-17)28-21-23-12-5-13-24-21/h3-15H,1-2H3,(H,25,27). The number of nitrogens with one attached hydrogen (secondary N) is 1. The molecule has 2 heterocycles. The normalized spacial score (nSPS) is 11.8. The molecular weight excluding hydrogens is 368 g/mol. The number of furan rings is 1. The van der Waals surface area contributed by atoms with Crippen LogP contribution in [0.1, 0.15) is 18.7 Å². The van der Waals surface area contributed by atoms with Gasteiger partial charge in [-0.15, -0.1) is 0 Å². The van der Waals surface area contributed by atoms with Crippen LogP contribution in [0.15, 0.2) is 77.5 Å². The molecular formula is C22H20N4O3. The van der Waals surface area contributed by atoms with Crippen LogP contribution in [0.4, 0.5) is 10.5 Å². The van der Waals surface area contributed by atoms with E-state index in [4.69, 9.17) is 9.15 Å². The van der Waals surface area contributed by atoms with E-state index in [2.05, 4.69) is 15.3 Å². The Labute approximate surface area is 168 Å². The molecule has 1 unspecified atom stereocenters. The fraction of sp³-hybridized carbons (Fsp3) is 0.136. The summed E-state index contributed by atoms with van der Waals surface area (Å²) in [4.78, 5) is 22.3. The molecule has 29 heavy (non-hydrogen) atoms. The third kappa shape index (κ3) is 4.19. The number of carbonyl (C=O) groups is 1. The fourth-order valence-corrected chi connectivity index (χ4v) is 2.84. The van der Waals surface area contributed by atoms with Gasteiger partial charge in [0.1, 0.15) is 17.1 Å². The van der Waals surface area contributed by atoms with Gasteiger partial charge in [0.25, 0.3) is 0 Å². The molecule has 0 saturated carbocycles. The van der Waals surface area contributed by atoms with Crippen LogP contribution in [-0.2, 0) is 0 Å². The number of urea groups is 1. The Morgan fingerprint density at radius 3 is 2.52 bits per heavy atom. The van der Waals surface area contributed by atoms with Crippen LogP contribution < -0.4 is 10.1 Å². The second-order valence-electron chi connectivity index (χ2n) is 6.56. The highest BCUT2D eigenvalue weighted by atomic mass is 16.5. The van der Waals surface area contributed by atoms with Crippen LogP contribution in [-0.4, -0.2) is 27.9 Å². The van der Waals surface area contributed by atoms with E-state index in [1.54, 1.807) is 54.7 Å².